The summed E-state index contributed by atoms with van der Waals surface area (Å²) in [6.45, 7) is 13.8. The molecule has 1 aliphatic rings. The normalized spacial score (nSPS) is 13.8. The number of pyridine rings is 1. The Morgan fingerprint density at radius 2 is 1.23 bits per heavy atom. The Labute approximate surface area is 306 Å². The van der Waals surface area contributed by atoms with Crippen LogP contribution >= 0.6 is 0 Å². The highest BCUT2D eigenvalue weighted by molar-refractivity contribution is 6.10. The lowest BCUT2D eigenvalue weighted by atomic mass is 9.68. The van der Waals surface area contributed by atoms with Gasteiger partial charge in [-0.2, -0.15) is 0 Å². The van der Waals surface area contributed by atoms with Crippen molar-refractivity contribution >= 4 is 21.8 Å². The SMILES string of the molecule is Cn1ccnc1-c1ccc2c3ccccc3n(-c3cccc(C4(c5ccccn5)c5cc(C(C)(C)C)ccc5-c5ccc(C(C)(C)C)cc54)c3)c2c1. The van der Waals surface area contributed by atoms with Crippen molar-refractivity contribution in [3.63, 3.8) is 0 Å². The van der Waals surface area contributed by atoms with E-state index < -0.39 is 5.41 Å². The Balaban J connectivity index is 1.38. The van der Waals surface area contributed by atoms with Crippen molar-refractivity contribution in [2.45, 2.75) is 57.8 Å². The van der Waals surface area contributed by atoms with Gasteiger partial charge < -0.3 is 9.13 Å². The van der Waals surface area contributed by atoms with E-state index in [0.717, 1.165) is 28.3 Å². The molecule has 52 heavy (non-hydrogen) atoms. The van der Waals surface area contributed by atoms with Gasteiger partial charge in [-0.15, -0.1) is 0 Å². The molecular weight excluding hydrogens is 633 g/mol. The van der Waals surface area contributed by atoms with Gasteiger partial charge in [-0.3, -0.25) is 4.98 Å². The molecule has 1 aliphatic carbocycles. The third-order valence-corrected chi connectivity index (χ3v) is 11.2. The van der Waals surface area contributed by atoms with Crippen molar-refractivity contribution in [2.24, 2.45) is 7.05 Å². The van der Waals surface area contributed by atoms with E-state index in [4.69, 9.17) is 9.97 Å². The lowest BCUT2D eigenvalue weighted by Crippen LogP contribution is -2.31. The largest absolute Gasteiger partial charge is 0.334 e. The zero-order valence-electron chi connectivity index (χ0n) is 31.1. The van der Waals surface area contributed by atoms with Crippen LogP contribution in [0.2, 0.25) is 0 Å². The van der Waals surface area contributed by atoms with Crippen molar-refractivity contribution in [3.8, 4) is 28.2 Å². The van der Waals surface area contributed by atoms with Crippen molar-refractivity contribution < 1.29 is 0 Å². The first-order chi connectivity index (χ1) is 25.0. The Morgan fingerprint density at radius 1 is 0.558 bits per heavy atom. The summed E-state index contributed by atoms with van der Waals surface area (Å²) < 4.78 is 4.51. The van der Waals surface area contributed by atoms with Gasteiger partial charge in [0, 0.05) is 47.7 Å². The Kier molecular flexibility index (Phi) is 7.05. The first-order valence-corrected chi connectivity index (χ1v) is 18.3. The molecule has 0 N–H and O–H groups in total. The third kappa shape index (κ3) is 4.74. The quantitative estimate of drug-likeness (QED) is 0.186. The molecule has 4 nitrogen and oxygen atoms in total. The predicted molar refractivity (Wildman–Crippen MR) is 215 cm³/mol. The standard InChI is InChI=1S/C48H44N4/c1-46(2,3)32-19-22-36-37-23-20-33(47(4,5)6)30-41(37)48(40(36)29-32,44-17-10-11-24-49-44)34-13-12-14-35(28-34)52-42-16-9-8-15-38(42)39-21-18-31(27-43(39)52)45-50-25-26-51(45)7/h8-30H,1-7H3. The van der Waals surface area contributed by atoms with Crippen LogP contribution in [0.3, 0.4) is 0 Å². The van der Waals surface area contributed by atoms with Gasteiger partial charge in [-0.1, -0.05) is 126 Å². The van der Waals surface area contributed by atoms with Gasteiger partial charge in [0.25, 0.3) is 0 Å². The van der Waals surface area contributed by atoms with E-state index >= 15 is 0 Å². The summed E-state index contributed by atoms with van der Waals surface area (Å²) in [5.74, 6) is 0.949. The number of imidazole rings is 1. The molecule has 0 spiro atoms. The molecule has 3 heterocycles. The summed E-state index contributed by atoms with van der Waals surface area (Å²) in [5.41, 5.74) is 13.8. The lowest BCUT2D eigenvalue weighted by molar-refractivity contribution is 0.585. The zero-order chi connectivity index (χ0) is 36.0. The molecule has 256 valence electrons. The lowest BCUT2D eigenvalue weighted by Gasteiger charge is -2.34. The number of fused-ring (bicyclic) bond motifs is 6. The van der Waals surface area contributed by atoms with Crippen LogP contribution in [-0.2, 0) is 23.3 Å². The smallest absolute Gasteiger partial charge is 0.139 e. The van der Waals surface area contributed by atoms with Crippen molar-refractivity contribution in [2.75, 3.05) is 0 Å². The van der Waals surface area contributed by atoms with Gasteiger partial charge in [0.05, 0.1) is 22.1 Å². The number of para-hydroxylation sites is 1. The minimum absolute atomic E-state index is 0.0219. The van der Waals surface area contributed by atoms with Crippen LogP contribution in [0.25, 0.3) is 50.0 Å². The number of aromatic nitrogens is 4. The monoisotopic (exact) mass is 676 g/mol. The molecule has 0 radical (unpaired) electrons. The van der Waals surface area contributed by atoms with Crippen LogP contribution in [0.1, 0.15) is 75.1 Å². The molecule has 0 unspecified atom stereocenters. The molecule has 0 aliphatic heterocycles. The van der Waals surface area contributed by atoms with E-state index in [1.54, 1.807) is 0 Å². The van der Waals surface area contributed by atoms with Gasteiger partial charge in [0.1, 0.15) is 5.82 Å². The highest BCUT2D eigenvalue weighted by atomic mass is 15.0. The summed E-state index contributed by atoms with van der Waals surface area (Å²) in [6, 6.07) is 45.4. The molecule has 0 fully saturated rings. The second-order valence-electron chi connectivity index (χ2n) is 16.5. The molecule has 9 rings (SSSR count). The molecule has 0 bridgehead atoms. The van der Waals surface area contributed by atoms with E-state index in [1.807, 2.05) is 24.7 Å². The van der Waals surface area contributed by atoms with E-state index in [9.17, 15) is 0 Å². The van der Waals surface area contributed by atoms with Crippen molar-refractivity contribution in [1.82, 2.24) is 19.1 Å². The van der Waals surface area contributed by atoms with E-state index in [-0.39, 0.29) is 10.8 Å². The first-order valence-electron chi connectivity index (χ1n) is 18.3. The fourth-order valence-corrected chi connectivity index (χ4v) is 8.49. The number of nitrogens with zero attached hydrogens (tertiary/aromatic N) is 4. The molecule has 8 aromatic rings. The topological polar surface area (TPSA) is 35.6 Å². The molecule has 3 aromatic heterocycles. The molecule has 0 amide bonds. The maximum Gasteiger partial charge on any atom is 0.139 e. The van der Waals surface area contributed by atoms with E-state index in [2.05, 4.69) is 173 Å². The molecule has 0 atom stereocenters. The third-order valence-electron chi connectivity index (χ3n) is 11.2. The second kappa shape index (κ2) is 11.4. The van der Waals surface area contributed by atoms with Gasteiger partial charge in [-0.05, 0) is 86.2 Å². The van der Waals surface area contributed by atoms with Gasteiger partial charge in [0.15, 0.2) is 0 Å². The van der Waals surface area contributed by atoms with Gasteiger partial charge in [0.2, 0.25) is 0 Å². The van der Waals surface area contributed by atoms with Crippen LogP contribution < -0.4 is 0 Å². The minimum Gasteiger partial charge on any atom is -0.334 e. The minimum atomic E-state index is -0.638. The van der Waals surface area contributed by atoms with Gasteiger partial charge in [-0.25, -0.2) is 4.98 Å². The van der Waals surface area contributed by atoms with Crippen molar-refractivity contribution in [1.29, 1.82) is 0 Å². The summed E-state index contributed by atoms with van der Waals surface area (Å²) in [7, 11) is 2.05. The summed E-state index contributed by atoms with van der Waals surface area (Å²) in [5, 5.41) is 2.45. The molecule has 0 saturated heterocycles. The van der Waals surface area contributed by atoms with Crippen LogP contribution in [0.5, 0.6) is 0 Å². The Bertz CT molecular complexity index is 2600. The summed E-state index contributed by atoms with van der Waals surface area (Å²) in [6.07, 6.45) is 5.82. The summed E-state index contributed by atoms with van der Waals surface area (Å²) in [4.78, 5) is 9.91. The molecule has 0 saturated carbocycles. The van der Waals surface area contributed by atoms with Crippen LogP contribution in [0.4, 0.5) is 0 Å². The molecule has 4 heteroatoms. The maximum absolute atomic E-state index is 5.22. The average molecular weight is 677 g/mol. The van der Waals surface area contributed by atoms with Crippen LogP contribution in [-0.4, -0.2) is 19.1 Å². The highest BCUT2D eigenvalue weighted by Gasteiger charge is 2.48. The first kappa shape index (κ1) is 32.2. The fourth-order valence-electron chi connectivity index (χ4n) is 8.49. The number of hydrogen-bond donors (Lipinski definition) is 0. The number of hydrogen-bond acceptors (Lipinski definition) is 2. The van der Waals surface area contributed by atoms with Crippen LogP contribution in [0, 0.1) is 0 Å². The van der Waals surface area contributed by atoms with Crippen molar-refractivity contribution in [3.05, 3.63) is 173 Å². The summed E-state index contributed by atoms with van der Waals surface area (Å²) >= 11 is 0. The fraction of sp³-hybridized carbons (Fsp3) is 0.208. The van der Waals surface area contributed by atoms with Crippen LogP contribution in [0.15, 0.2) is 140 Å². The Hall–Kier alpha value is -5.74. The van der Waals surface area contributed by atoms with E-state index in [1.165, 1.54) is 55.2 Å². The number of rotatable bonds is 4. The van der Waals surface area contributed by atoms with E-state index in [0.29, 0.717) is 0 Å². The number of benzene rings is 5. The highest BCUT2D eigenvalue weighted by Crippen LogP contribution is 2.57. The maximum atomic E-state index is 5.22. The second-order valence-corrected chi connectivity index (χ2v) is 16.5. The van der Waals surface area contributed by atoms with Gasteiger partial charge >= 0.3 is 0 Å². The number of aryl methyl sites for hydroxylation is 1. The molecule has 5 aromatic carbocycles. The Morgan fingerprint density at radius 3 is 1.87 bits per heavy atom. The zero-order valence-corrected chi connectivity index (χ0v) is 31.1. The average Bonchev–Trinajstić information content (AvgIpc) is 3.81. The molecular formula is C48H44N4. The predicted octanol–water partition coefficient (Wildman–Crippen LogP) is 11.5.